The van der Waals surface area contributed by atoms with Gasteiger partial charge in [-0.05, 0) is 31.0 Å². The molecule has 136 valence electrons. The number of hydrogen-bond donors (Lipinski definition) is 0. The number of pyridine rings is 1. The predicted molar refractivity (Wildman–Crippen MR) is 95.8 cm³/mol. The number of hydrogen-bond acceptors (Lipinski definition) is 6. The zero-order valence-electron chi connectivity index (χ0n) is 14.5. The van der Waals surface area contributed by atoms with E-state index in [2.05, 4.69) is 25.0 Å². The van der Waals surface area contributed by atoms with E-state index in [9.17, 15) is 9.18 Å². The van der Waals surface area contributed by atoms with E-state index in [0.29, 0.717) is 26.2 Å². The van der Waals surface area contributed by atoms with Gasteiger partial charge >= 0.3 is 0 Å². The molecule has 26 heavy (non-hydrogen) atoms. The van der Waals surface area contributed by atoms with Crippen molar-refractivity contribution in [2.24, 2.45) is 0 Å². The molecule has 1 amide bonds. The highest BCUT2D eigenvalue weighted by Gasteiger charge is 2.24. The smallest absolute Gasteiger partial charge is 0.255 e. The normalized spacial score (nSPS) is 17.7. The largest absolute Gasteiger partial charge is 0.355 e. The molecule has 0 spiro atoms. The van der Waals surface area contributed by atoms with Crippen molar-refractivity contribution in [3.05, 3.63) is 42.0 Å². The van der Waals surface area contributed by atoms with Crippen LogP contribution in [0, 0.1) is 5.82 Å². The highest BCUT2D eigenvalue weighted by atomic mass is 19.1. The van der Waals surface area contributed by atoms with E-state index >= 15 is 0 Å². The summed E-state index contributed by atoms with van der Waals surface area (Å²) in [6.45, 7) is 4.56. The van der Waals surface area contributed by atoms with Gasteiger partial charge < -0.3 is 14.7 Å². The SMILES string of the molecule is O=C(c1cncc(F)c1)N1CCN(c2ccc(N3CCCC3)nn2)CC1. The number of piperazine rings is 1. The molecule has 2 aliphatic heterocycles. The summed E-state index contributed by atoms with van der Waals surface area (Å²) in [4.78, 5) is 22.3. The van der Waals surface area contributed by atoms with E-state index in [-0.39, 0.29) is 11.5 Å². The van der Waals surface area contributed by atoms with Gasteiger partial charge in [-0.3, -0.25) is 9.78 Å². The molecule has 2 aromatic heterocycles. The number of amides is 1. The van der Waals surface area contributed by atoms with Gasteiger partial charge in [0.1, 0.15) is 5.82 Å². The fourth-order valence-corrected chi connectivity index (χ4v) is 3.45. The van der Waals surface area contributed by atoms with E-state index in [1.54, 1.807) is 4.90 Å². The van der Waals surface area contributed by atoms with Crippen molar-refractivity contribution in [2.45, 2.75) is 12.8 Å². The van der Waals surface area contributed by atoms with Crippen LogP contribution >= 0.6 is 0 Å². The first-order valence-corrected chi connectivity index (χ1v) is 8.94. The third-order valence-corrected chi connectivity index (χ3v) is 4.91. The molecule has 0 saturated carbocycles. The molecule has 2 aromatic rings. The van der Waals surface area contributed by atoms with Crippen molar-refractivity contribution in [1.82, 2.24) is 20.1 Å². The van der Waals surface area contributed by atoms with Gasteiger partial charge in [0.15, 0.2) is 11.6 Å². The van der Waals surface area contributed by atoms with E-state index in [0.717, 1.165) is 30.9 Å². The third-order valence-electron chi connectivity index (χ3n) is 4.91. The van der Waals surface area contributed by atoms with Crippen LogP contribution in [0.25, 0.3) is 0 Å². The van der Waals surface area contributed by atoms with Crippen molar-refractivity contribution in [3.8, 4) is 0 Å². The molecule has 8 heteroatoms. The van der Waals surface area contributed by atoms with Gasteiger partial charge in [-0.25, -0.2) is 4.39 Å². The number of halogens is 1. The number of carbonyl (C=O) groups excluding carboxylic acids is 1. The summed E-state index contributed by atoms with van der Waals surface area (Å²) in [5.74, 6) is 1.07. The number of aromatic nitrogens is 3. The molecule has 2 fully saturated rings. The van der Waals surface area contributed by atoms with Crippen LogP contribution in [0.2, 0.25) is 0 Å². The maximum atomic E-state index is 13.3. The average Bonchev–Trinajstić information content (AvgIpc) is 3.23. The fourth-order valence-electron chi connectivity index (χ4n) is 3.45. The molecule has 2 saturated heterocycles. The van der Waals surface area contributed by atoms with E-state index in [4.69, 9.17) is 0 Å². The first kappa shape index (κ1) is 16.7. The Balaban J connectivity index is 1.36. The Kier molecular flexibility index (Phi) is 4.64. The van der Waals surface area contributed by atoms with Crippen LogP contribution in [0.3, 0.4) is 0 Å². The number of rotatable bonds is 3. The van der Waals surface area contributed by atoms with Crippen LogP contribution in [-0.4, -0.2) is 65.3 Å². The Morgan fingerprint density at radius 3 is 2.08 bits per heavy atom. The number of anilines is 2. The second-order valence-electron chi connectivity index (χ2n) is 6.61. The first-order chi connectivity index (χ1) is 12.7. The van der Waals surface area contributed by atoms with Gasteiger partial charge in [0.05, 0.1) is 11.8 Å². The minimum absolute atomic E-state index is 0.188. The Labute approximate surface area is 151 Å². The van der Waals surface area contributed by atoms with Crippen molar-refractivity contribution in [3.63, 3.8) is 0 Å². The topological polar surface area (TPSA) is 65.5 Å². The highest BCUT2D eigenvalue weighted by molar-refractivity contribution is 5.94. The minimum Gasteiger partial charge on any atom is -0.355 e. The number of carbonyl (C=O) groups is 1. The first-order valence-electron chi connectivity index (χ1n) is 8.94. The summed E-state index contributed by atoms with van der Waals surface area (Å²) in [7, 11) is 0. The summed E-state index contributed by atoms with van der Waals surface area (Å²) in [6, 6.07) is 5.24. The van der Waals surface area contributed by atoms with E-state index in [1.165, 1.54) is 25.1 Å². The van der Waals surface area contributed by atoms with Crippen LogP contribution in [0.15, 0.2) is 30.6 Å². The Morgan fingerprint density at radius 1 is 0.885 bits per heavy atom. The van der Waals surface area contributed by atoms with E-state index < -0.39 is 5.82 Å². The molecule has 0 unspecified atom stereocenters. The monoisotopic (exact) mass is 356 g/mol. The quantitative estimate of drug-likeness (QED) is 0.832. The van der Waals surface area contributed by atoms with Crippen molar-refractivity contribution < 1.29 is 9.18 Å². The van der Waals surface area contributed by atoms with Crippen LogP contribution < -0.4 is 9.80 Å². The molecule has 0 aromatic carbocycles. The molecule has 0 bridgehead atoms. The average molecular weight is 356 g/mol. The fraction of sp³-hybridized carbons (Fsp3) is 0.444. The van der Waals surface area contributed by atoms with Gasteiger partial charge in [0.25, 0.3) is 5.91 Å². The lowest BCUT2D eigenvalue weighted by Gasteiger charge is -2.35. The summed E-state index contributed by atoms with van der Waals surface area (Å²) >= 11 is 0. The molecule has 2 aliphatic rings. The summed E-state index contributed by atoms with van der Waals surface area (Å²) in [5.41, 5.74) is 0.285. The molecule has 0 radical (unpaired) electrons. The van der Waals surface area contributed by atoms with Crippen LogP contribution in [-0.2, 0) is 0 Å². The van der Waals surface area contributed by atoms with Crippen molar-refractivity contribution in [1.29, 1.82) is 0 Å². The Bertz CT molecular complexity index is 770. The van der Waals surface area contributed by atoms with Gasteiger partial charge in [0.2, 0.25) is 0 Å². The molecular weight excluding hydrogens is 335 g/mol. The van der Waals surface area contributed by atoms with E-state index in [1.807, 2.05) is 12.1 Å². The van der Waals surface area contributed by atoms with Gasteiger partial charge in [-0.15, -0.1) is 10.2 Å². The predicted octanol–water partition coefficient (Wildman–Crippen LogP) is 1.57. The van der Waals surface area contributed by atoms with Crippen LogP contribution in [0.4, 0.5) is 16.0 Å². The Morgan fingerprint density at radius 2 is 1.50 bits per heavy atom. The molecule has 4 heterocycles. The lowest BCUT2D eigenvalue weighted by atomic mass is 10.2. The molecule has 0 N–H and O–H groups in total. The third kappa shape index (κ3) is 3.44. The second kappa shape index (κ2) is 7.23. The van der Waals surface area contributed by atoms with Gasteiger partial charge in [-0.1, -0.05) is 0 Å². The minimum atomic E-state index is -0.497. The summed E-state index contributed by atoms with van der Waals surface area (Å²) in [6.07, 6.45) is 4.92. The standard InChI is InChI=1S/C18H21FN6O/c19-15-11-14(12-20-13-15)18(26)25-9-7-24(8-10-25)17-4-3-16(21-22-17)23-5-1-2-6-23/h3-4,11-13H,1-2,5-10H2. The molecule has 4 rings (SSSR count). The second-order valence-corrected chi connectivity index (χ2v) is 6.61. The van der Waals surface area contributed by atoms with Crippen LogP contribution in [0.1, 0.15) is 23.2 Å². The molecular formula is C18H21FN6O. The summed E-state index contributed by atoms with van der Waals surface area (Å²) < 4.78 is 13.3. The lowest BCUT2D eigenvalue weighted by molar-refractivity contribution is 0.0745. The lowest BCUT2D eigenvalue weighted by Crippen LogP contribution is -2.49. The highest BCUT2D eigenvalue weighted by Crippen LogP contribution is 2.20. The Hall–Kier alpha value is -2.77. The number of nitrogens with zero attached hydrogens (tertiary/aromatic N) is 6. The zero-order chi connectivity index (χ0) is 17.9. The van der Waals surface area contributed by atoms with Crippen LogP contribution in [0.5, 0.6) is 0 Å². The van der Waals surface area contributed by atoms with Crippen molar-refractivity contribution in [2.75, 3.05) is 49.1 Å². The maximum absolute atomic E-state index is 13.3. The maximum Gasteiger partial charge on any atom is 0.255 e. The molecule has 7 nitrogen and oxygen atoms in total. The molecule has 0 atom stereocenters. The zero-order valence-corrected chi connectivity index (χ0v) is 14.5. The molecule has 0 aliphatic carbocycles. The van der Waals surface area contributed by atoms with Gasteiger partial charge in [-0.2, -0.15) is 0 Å². The summed E-state index contributed by atoms with van der Waals surface area (Å²) in [5, 5.41) is 8.71. The van der Waals surface area contributed by atoms with Crippen molar-refractivity contribution >= 4 is 17.5 Å². The van der Waals surface area contributed by atoms with Gasteiger partial charge in [0, 0.05) is 45.5 Å².